The molecule has 1 saturated heterocycles. The molecule has 0 bridgehead atoms. The second kappa shape index (κ2) is 7.50. The maximum Gasteiger partial charge on any atom is 0.246 e. The average molecular weight is 386 g/mol. The lowest BCUT2D eigenvalue weighted by molar-refractivity contribution is -0.166. The number of nitriles is 1. The average Bonchev–Trinajstić information content (AvgIpc) is 2.72. The predicted molar refractivity (Wildman–Crippen MR) is 111 cm³/mol. The summed E-state index contributed by atoms with van der Waals surface area (Å²) in [5.74, 6) is -0.773. The van der Waals surface area contributed by atoms with E-state index < -0.39 is 11.6 Å². The van der Waals surface area contributed by atoms with Gasteiger partial charge in [-0.05, 0) is 31.4 Å². The van der Waals surface area contributed by atoms with Crippen molar-refractivity contribution in [2.24, 2.45) is 11.3 Å². The quantitative estimate of drug-likeness (QED) is 0.800. The molecule has 1 fully saturated rings. The summed E-state index contributed by atoms with van der Waals surface area (Å²) in [5.41, 5.74) is 3.08. The number of fused-ring (bicyclic) bond motifs is 1. The second-order valence-electron chi connectivity index (χ2n) is 8.40. The van der Waals surface area contributed by atoms with Gasteiger partial charge in [-0.2, -0.15) is 5.26 Å². The van der Waals surface area contributed by atoms with Crippen LogP contribution in [0.25, 0.3) is 0 Å². The number of nitrogens with zero attached hydrogens (tertiary/aromatic N) is 2. The Hall–Kier alpha value is -2.90. The third-order valence-corrected chi connectivity index (χ3v) is 6.45. The minimum Gasteiger partial charge on any atom is -0.373 e. The SMILES string of the molecule is CC1=C[C@@H]2C[C@H](O)N(Cc3ccccc3)C(=O)[C@]2(C#N)[C@H](c2ccc(C)cc2)C1. The van der Waals surface area contributed by atoms with E-state index in [1.165, 1.54) is 10.5 Å². The highest BCUT2D eigenvalue weighted by Crippen LogP contribution is 2.54. The van der Waals surface area contributed by atoms with Crippen LogP contribution >= 0.6 is 0 Å². The van der Waals surface area contributed by atoms with Crippen LogP contribution in [0, 0.1) is 29.6 Å². The van der Waals surface area contributed by atoms with Crippen molar-refractivity contribution in [3.63, 3.8) is 0 Å². The van der Waals surface area contributed by atoms with Crippen LogP contribution in [-0.2, 0) is 11.3 Å². The van der Waals surface area contributed by atoms with Crippen molar-refractivity contribution in [1.82, 2.24) is 4.90 Å². The molecule has 1 amide bonds. The lowest BCUT2D eigenvalue weighted by Gasteiger charge is -2.50. The van der Waals surface area contributed by atoms with Gasteiger partial charge in [0, 0.05) is 24.8 Å². The molecule has 4 nitrogen and oxygen atoms in total. The van der Waals surface area contributed by atoms with Crippen LogP contribution in [-0.4, -0.2) is 22.1 Å². The molecule has 148 valence electrons. The minimum absolute atomic E-state index is 0.221. The van der Waals surface area contributed by atoms with E-state index in [4.69, 9.17) is 0 Å². The number of carbonyl (C=O) groups excluding carboxylic acids is 1. The first-order valence-electron chi connectivity index (χ1n) is 10.1. The van der Waals surface area contributed by atoms with Crippen molar-refractivity contribution in [2.75, 3.05) is 0 Å². The summed E-state index contributed by atoms with van der Waals surface area (Å²) in [6.45, 7) is 4.39. The molecule has 1 aliphatic carbocycles. The first kappa shape index (κ1) is 19.4. The van der Waals surface area contributed by atoms with Gasteiger partial charge in [-0.1, -0.05) is 71.8 Å². The van der Waals surface area contributed by atoms with Crippen molar-refractivity contribution in [1.29, 1.82) is 5.26 Å². The van der Waals surface area contributed by atoms with Gasteiger partial charge in [0.25, 0.3) is 0 Å². The van der Waals surface area contributed by atoms with E-state index in [0.717, 1.165) is 16.7 Å². The van der Waals surface area contributed by atoms with E-state index in [0.29, 0.717) is 19.4 Å². The maximum atomic E-state index is 13.8. The molecule has 0 spiro atoms. The highest BCUT2D eigenvalue weighted by molar-refractivity contribution is 5.89. The summed E-state index contributed by atoms with van der Waals surface area (Å²) >= 11 is 0. The number of amides is 1. The van der Waals surface area contributed by atoms with E-state index in [9.17, 15) is 15.2 Å². The number of rotatable bonds is 3. The fourth-order valence-corrected chi connectivity index (χ4v) is 4.92. The number of aryl methyl sites for hydroxylation is 1. The largest absolute Gasteiger partial charge is 0.373 e. The zero-order valence-electron chi connectivity index (χ0n) is 16.9. The first-order valence-corrected chi connectivity index (χ1v) is 10.1. The third-order valence-electron chi connectivity index (χ3n) is 6.45. The van der Waals surface area contributed by atoms with Gasteiger partial charge in [0.2, 0.25) is 5.91 Å². The molecule has 4 rings (SSSR count). The van der Waals surface area contributed by atoms with E-state index >= 15 is 0 Å². The van der Waals surface area contributed by atoms with Crippen molar-refractivity contribution in [2.45, 2.75) is 45.4 Å². The molecule has 2 aliphatic rings. The molecule has 2 aromatic carbocycles. The van der Waals surface area contributed by atoms with E-state index in [-0.39, 0.29) is 17.7 Å². The van der Waals surface area contributed by atoms with Crippen molar-refractivity contribution >= 4 is 5.91 Å². The van der Waals surface area contributed by atoms with Crippen LogP contribution < -0.4 is 0 Å². The van der Waals surface area contributed by atoms with Gasteiger partial charge in [-0.25, -0.2) is 0 Å². The number of aliphatic hydroxyl groups excluding tert-OH is 1. The Kier molecular flexibility index (Phi) is 5.02. The molecule has 1 aliphatic heterocycles. The molecule has 2 aromatic rings. The van der Waals surface area contributed by atoms with Gasteiger partial charge < -0.3 is 10.0 Å². The normalized spacial score (nSPS) is 29.0. The highest BCUT2D eigenvalue weighted by atomic mass is 16.3. The molecule has 0 saturated carbocycles. The number of benzene rings is 2. The van der Waals surface area contributed by atoms with Gasteiger partial charge in [-0.3, -0.25) is 4.79 Å². The summed E-state index contributed by atoms with van der Waals surface area (Å²) < 4.78 is 0. The predicted octanol–water partition coefficient (Wildman–Crippen LogP) is 4.31. The molecule has 4 atom stereocenters. The smallest absolute Gasteiger partial charge is 0.246 e. The van der Waals surface area contributed by atoms with Crippen molar-refractivity contribution in [3.05, 3.63) is 82.9 Å². The Morgan fingerprint density at radius 3 is 2.48 bits per heavy atom. The molecule has 0 aromatic heterocycles. The van der Waals surface area contributed by atoms with Crippen molar-refractivity contribution in [3.8, 4) is 6.07 Å². The van der Waals surface area contributed by atoms with E-state index in [1.807, 2.05) is 67.6 Å². The van der Waals surface area contributed by atoms with Gasteiger partial charge in [-0.15, -0.1) is 0 Å². The second-order valence-corrected chi connectivity index (χ2v) is 8.40. The standard InChI is InChI=1S/C25H26N2O2/c1-17-8-10-20(11-9-17)22-13-18(2)12-21-14-23(28)27(24(29)25(21,22)16-26)15-19-6-4-3-5-7-19/h3-12,21-23,28H,13-15H2,1-2H3/t21-,22+,23+,25+/m1/s1. The van der Waals surface area contributed by atoms with Crippen LogP contribution in [0.5, 0.6) is 0 Å². The lowest BCUT2D eigenvalue weighted by Crippen LogP contribution is -2.59. The fraction of sp³-hybridized carbons (Fsp3) is 0.360. The van der Waals surface area contributed by atoms with Crippen LogP contribution in [0.1, 0.15) is 42.4 Å². The third kappa shape index (κ3) is 3.26. The lowest BCUT2D eigenvalue weighted by atomic mass is 9.56. The molecule has 0 unspecified atom stereocenters. The molecule has 1 N–H and O–H groups in total. The Bertz CT molecular complexity index is 974. The Morgan fingerprint density at radius 2 is 1.83 bits per heavy atom. The topological polar surface area (TPSA) is 64.3 Å². The first-order chi connectivity index (χ1) is 14.0. The van der Waals surface area contributed by atoms with Crippen LogP contribution in [0.3, 0.4) is 0 Å². The van der Waals surface area contributed by atoms with E-state index in [1.54, 1.807) is 0 Å². The molecule has 4 heteroatoms. The van der Waals surface area contributed by atoms with Gasteiger partial charge >= 0.3 is 0 Å². The number of piperidine rings is 1. The molecule has 29 heavy (non-hydrogen) atoms. The minimum atomic E-state index is -1.19. The molecule has 0 radical (unpaired) electrons. The van der Waals surface area contributed by atoms with Crippen molar-refractivity contribution < 1.29 is 9.90 Å². The monoisotopic (exact) mass is 386 g/mol. The summed E-state index contributed by atoms with van der Waals surface area (Å²) in [6, 6.07) is 20.2. The fourth-order valence-electron chi connectivity index (χ4n) is 4.92. The molecular weight excluding hydrogens is 360 g/mol. The Balaban J connectivity index is 1.78. The Morgan fingerprint density at radius 1 is 1.14 bits per heavy atom. The number of carbonyl (C=O) groups is 1. The molecule has 1 heterocycles. The number of likely N-dealkylation sites (tertiary alicyclic amines) is 1. The number of aliphatic hydroxyl groups is 1. The van der Waals surface area contributed by atoms with Crippen LogP contribution in [0.2, 0.25) is 0 Å². The summed E-state index contributed by atoms with van der Waals surface area (Å²) in [7, 11) is 0. The van der Waals surface area contributed by atoms with E-state index in [2.05, 4.69) is 13.0 Å². The number of hydrogen-bond acceptors (Lipinski definition) is 3. The van der Waals surface area contributed by atoms with Crippen LogP contribution in [0.4, 0.5) is 0 Å². The zero-order chi connectivity index (χ0) is 20.6. The molecular formula is C25H26N2O2. The maximum absolute atomic E-state index is 13.8. The van der Waals surface area contributed by atoms with Gasteiger partial charge in [0.1, 0.15) is 11.6 Å². The van der Waals surface area contributed by atoms with Gasteiger partial charge in [0.15, 0.2) is 0 Å². The number of hydrogen-bond donors (Lipinski definition) is 1. The Labute approximate surface area is 172 Å². The van der Waals surface area contributed by atoms with Crippen LogP contribution in [0.15, 0.2) is 66.2 Å². The summed E-state index contributed by atoms with van der Waals surface area (Å²) in [5, 5.41) is 21.2. The highest BCUT2D eigenvalue weighted by Gasteiger charge is 2.59. The van der Waals surface area contributed by atoms with Gasteiger partial charge in [0.05, 0.1) is 6.07 Å². The summed E-state index contributed by atoms with van der Waals surface area (Å²) in [6.07, 6.45) is 2.20. The zero-order valence-corrected chi connectivity index (χ0v) is 16.9. The summed E-state index contributed by atoms with van der Waals surface area (Å²) in [4.78, 5) is 15.3. The number of allylic oxidation sites excluding steroid dienone is 2.